The molecule has 0 heterocycles. The number of carbonyl (C=O) groups is 2. The normalized spacial score (nSPS) is 10.0. The Labute approximate surface area is 151 Å². The van der Waals surface area contributed by atoms with Gasteiger partial charge in [0, 0.05) is 16.1 Å². The lowest BCUT2D eigenvalue weighted by Crippen LogP contribution is -2.41. The van der Waals surface area contributed by atoms with Crippen LogP contribution in [0.25, 0.3) is 0 Å². The zero-order chi connectivity index (χ0) is 18.6. The molecule has 2 aromatic carbocycles. The van der Waals surface area contributed by atoms with Gasteiger partial charge in [-0.1, -0.05) is 23.2 Å². The number of carbonyl (C=O) groups excluding carboxylic acids is 2. The molecule has 2 amide bonds. The highest BCUT2D eigenvalue weighted by atomic mass is 35.5. The Balaban J connectivity index is 2.15. The van der Waals surface area contributed by atoms with Crippen LogP contribution in [0.3, 0.4) is 0 Å². The molecule has 0 saturated carbocycles. The molecule has 2 N–H and O–H groups in total. The van der Waals surface area contributed by atoms with Crippen molar-refractivity contribution in [2.75, 3.05) is 7.11 Å². The molecule has 8 nitrogen and oxygen atoms in total. The topological polar surface area (TPSA) is 111 Å². The molecule has 0 spiro atoms. The first-order chi connectivity index (χ1) is 11.8. The standard InChI is InChI=1S/C15H11Cl2N3O5/c1-25-13-7-9(17)3-5-11(13)15(22)19-18-14(21)10-4-2-8(16)6-12(10)20(23)24/h2-7H,1H3,(H,18,21)(H,19,22). The average Bonchev–Trinajstić information content (AvgIpc) is 2.58. The van der Waals surface area contributed by atoms with Gasteiger partial charge in [-0.3, -0.25) is 30.6 Å². The molecule has 0 unspecified atom stereocenters. The second-order valence-electron chi connectivity index (χ2n) is 4.67. The maximum absolute atomic E-state index is 12.1. The largest absolute Gasteiger partial charge is 0.496 e. The number of methoxy groups -OCH3 is 1. The molecule has 0 aromatic heterocycles. The highest BCUT2D eigenvalue weighted by Crippen LogP contribution is 2.24. The van der Waals surface area contributed by atoms with E-state index in [9.17, 15) is 19.7 Å². The minimum absolute atomic E-state index is 0.109. The van der Waals surface area contributed by atoms with Gasteiger partial charge in [-0.15, -0.1) is 0 Å². The fourth-order valence-corrected chi connectivity index (χ4v) is 2.28. The Morgan fingerprint density at radius 2 is 1.52 bits per heavy atom. The molecule has 2 rings (SSSR count). The summed E-state index contributed by atoms with van der Waals surface area (Å²) < 4.78 is 5.04. The summed E-state index contributed by atoms with van der Waals surface area (Å²) in [4.78, 5) is 34.5. The lowest BCUT2D eigenvalue weighted by atomic mass is 10.1. The molecular weight excluding hydrogens is 373 g/mol. The van der Waals surface area contributed by atoms with Gasteiger partial charge in [0.25, 0.3) is 17.5 Å². The van der Waals surface area contributed by atoms with Gasteiger partial charge >= 0.3 is 0 Å². The first-order valence-electron chi connectivity index (χ1n) is 6.71. The minimum atomic E-state index is -0.871. The zero-order valence-corrected chi connectivity index (χ0v) is 14.2. The van der Waals surface area contributed by atoms with Gasteiger partial charge in [0.05, 0.1) is 17.6 Å². The Morgan fingerprint density at radius 3 is 2.08 bits per heavy atom. The summed E-state index contributed by atoms with van der Waals surface area (Å²) in [5.41, 5.74) is 3.65. The molecule has 0 fully saturated rings. The predicted octanol–water partition coefficient (Wildman–Crippen LogP) is 2.99. The molecule has 0 aliphatic rings. The van der Waals surface area contributed by atoms with E-state index < -0.39 is 22.4 Å². The Morgan fingerprint density at radius 1 is 1.00 bits per heavy atom. The molecule has 0 saturated heterocycles. The summed E-state index contributed by atoms with van der Waals surface area (Å²) in [6.07, 6.45) is 0. The van der Waals surface area contributed by atoms with E-state index in [4.69, 9.17) is 27.9 Å². The average molecular weight is 384 g/mol. The van der Waals surface area contributed by atoms with Crippen molar-refractivity contribution in [1.29, 1.82) is 0 Å². The number of rotatable bonds is 4. The summed E-state index contributed by atoms with van der Waals surface area (Å²) in [6.45, 7) is 0. The molecule has 2 aromatic rings. The van der Waals surface area contributed by atoms with Crippen molar-refractivity contribution in [2.45, 2.75) is 0 Å². The molecule has 25 heavy (non-hydrogen) atoms. The number of nitrogens with one attached hydrogen (secondary N) is 2. The van der Waals surface area contributed by atoms with E-state index in [0.717, 1.165) is 6.07 Å². The third-order valence-corrected chi connectivity index (χ3v) is 3.57. The molecule has 0 aliphatic carbocycles. The van der Waals surface area contributed by atoms with Crippen LogP contribution in [0, 0.1) is 10.1 Å². The fourth-order valence-electron chi connectivity index (χ4n) is 1.95. The summed E-state index contributed by atoms with van der Waals surface area (Å²) in [7, 11) is 1.36. The van der Waals surface area contributed by atoms with E-state index in [1.54, 1.807) is 0 Å². The second-order valence-corrected chi connectivity index (χ2v) is 5.54. The van der Waals surface area contributed by atoms with Gasteiger partial charge in [0.2, 0.25) is 0 Å². The van der Waals surface area contributed by atoms with Crippen molar-refractivity contribution in [2.24, 2.45) is 0 Å². The Hall–Kier alpha value is -2.84. The van der Waals surface area contributed by atoms with Crippen LogP contribution < -0.4 is 15.6 Å². The maximum Gasteiger partial charge on any atom is 0.283 e. The molecule has 0 bridgehead atoms. The van der Waals surface area contributed by atoms with E-state index in [1.807, 2.05) is 0 Å². The highest BCUT2D eigenvalue weighted by Gasteiger charge is 2.21. The molecule has 0 atom stereocenters. The molecule has 0 radical (unpaired) electrons. The maximum atomic E-state index is 12.1. The molecule has 0 aliphatic heterocycles. The molecular formula is C15H11Cl2N3O5. The van der Waals surface area contributed by atoms with Crippen LogP contribution in [-0.4, -0.2) is 23.8 Å². The van der Waals surface area contributed by atoms with Crippen molar-refractivity contribution in [3.8, 4) is 5.75 Å². The van der Waals surface area contributed by atoms with Crippen molar-refractivity contribution in [1.82, 2.24) is 10.9 Å². The van der Waals surface area contributed by atoms with Crippen LogP contribution in [0.2, 0.25) is 10.0 Å². The van der Waals surface area contributed by atoms with Crippen molar-refractivity contribution >= 4 is 40.7 Å². The fraction of sp³-hybridized carbons (Fsp3) is 0.0667. The van der Waals surface area contributed by atoms with Crippen LogP contribution in [0.15, 0.2) is 36.4 Å². The van der Waals surface area contributed by atoms with Gasteiger partial charge in [-0.25, -0.2) is 0 Å². The van der Waals surface area contributed by atoms with Crippen LogP contribution in [0.1, 0.15) is 20.7 Å². The van der Waals surface area contributed by atoms with Gasteiger partial charge in [0.15, 0.2) is 0 Å². The monoisotopic (exact) mass is 383 g/mol. The van der Waals surface area contributed by atoms with Crippen molar-refractivity contribution < 1.29 is 19.2 Å². The van der Waals surface area contributed by atoms with E-state index in [2.05, 4.69) is 10.9 Å². The van der Waals surface area contributed by atoms with Crippen molar-refractivity contribution in [3.05, 3.63) is 67.7 Å². The lowest BCUT2D eigenvalue weighted by Gasteiger charge is -2.11. The van der Waals surface area contributed by atoms with Crippen LogP contribution in [0.5, 0.6) is 5.75 Å². The van der Waals surface area contributed by atoms with E-state index in [1.165, 1.54) is 37.4 Å². The zero-order valence-electron chi connectivity index (χ0n) is 12.7. The molecule has 130 valence electrons. The van der Waals surface area contributed by atoms with E-state index in [-0.39, 0.29) is 21.9 Å². The first kappa shape index (κ1) is 18.5. The van der Waals surface area contributed by atoms with Crippen molar-refractivity contribution in [3.63, 3.8) is 0 Å². The van der Waals surface area contributed by atoms with Gasteiger partial charge in [0.1, 0.15) is 11.3 Å². The number of halogens is 2. The summed E-state index contributed by atoms with van der Waals surface area (Å²) >= 11 is 11.5. The number of nitro groups is 1. The summed E-state index contributed by atoms with van der Waals surface area (Å²) in [5.74, 6) is -1.35. The number of hydrogen-bond acceptors (Lipinski definition) is 5. The number of amides is 2. The van der Waals surface area contributed by atoms with Gasteiger partial charge in [-0.2, -0.15) is 0 Å². The SMILES string of the molecule is COc1cc(Cl)ccc1C(=O)NNC(=O)c1ccc(Cl)cc1[N+](=O)[O-]. The van der Waals surface area contributed by atoms with Gasteiger partial charge < -0.3 is 4.74 Å². The first-order valence-corrected chi connectivity index (χ1v) is 7.47. The van der Waals surface area contributed by atoms with Crippen LogP contribution in [0.4, 0.5) is 5.69 Å². The van der Waals surface area contributed by atoms with Crippen LogP contribution in [-0.2, 0) is 0 Å². The smallest absolute Gasteiger partial charge is 0.283 e. The Bertz CT molecular complexity index is 857. The summed E-state index contributed by atoms with van der Waals surface area (Å²) in [5, 5.41) is 11.5. The number of hydrogen-bond donors (Lipinski definition) is 2. The number of nitro benzene ring substituents is 1. The Kier molecular flexibility index (Phi) is 5.79. The number of ether oxygens (including phenoxy) is 1. The van der Waals surface area contributed by atoms with E-state index in [0.29, 0.717) is 5.02 Å². The lowest BCUT2D eigenvalue weighted by molar-refractivity contribution is -0.385. The number of nitrogens with zero attached hydrogens (tertiary/aromatic N) is 1. The van der Waals surface area contributed by atoms with E-state index >= 15 is 0 Å². The third kappa shape index (κ3) is 4.37. The minimum Gasteiger partial charge on any atom is -0.496 e. The number of benzene rings is 2. The second kappa shape index (κ2) is 7.82. The summed E-state index contributed by atoms with van der Waals surface area (Å²) in [6, 6.07) is 7.87. The third-order valence-electron chi connectivity index (χ3n) is 3.10. The van der Waals surface area contributed by atoms with Gasteiger partial charge in [-0.05, 0) is 30.3 Å². The predicted molar refractivity (Wildman–Crippen MR) is 91.0 cm³/mol. The highest BCUT2D eigenvalue weighted by molar-refractivity contribution is 6.31. The molecule has 10 heteroatoms. The number of hydrazine groups is 1. The quantitative estimate of drug-likeness (QED) is 0.622. The van der Waals surface area contributed by atoms with Crippen LogP contribution >= 0.6 is 23.2 Å².